The molecule has 1 N–H and O–H groups in total. The Morgan fingerprint density at radius 2 is 1.96 bits per heavy atom. The van der Waals surface area contributed by atoms with Gasteiger partial charge in [0.2, 0.25) is 11.8 Å². The summed E-state index contributed by atoms with van der Waals surface area (Å²) >= 11 is 0. The second kappa shape index (κ2) is 7.51. The number of nitrogens with zero attached hydrogens (tertiary/aromatic N) is 1. The van der Waals surface area contributed by atoms with Gasteiger partial charge in [0.05, 0.1) is 0 Å². The zero-order valence-corrected chi connectivity index (χ0v) is 14.8. The molecule has 0 aromatic heterocycles. The molecule has 0 aliphatic carbocycles. The molecule has 25 heavy (non-hydrogen) atoms. The van der Waals surface area contributed by atoms with Crippen molar-refractivity contribution in [3.8, 4) is 0 Å². The highest BCUT2D eigenvalue weighted by molar-refractivity contribution is 5.97. The van der Waals surface area contributed by atoms with Gasteiger partial charge < -0.3 is 10.2 Å². The SMILES string of the molecule is Cc1cc(NC(=O)C[C@H](C)c2ccccc2)ccc1N1CCCC1=O. The molecular weight excluding hydrogens is 312 g/mol. The summed E-state index contributed by atoms with van der Waals surface area (Å²) in [6.45, 7) is 4.81. The first kappa shape index (κ1) is 17.2. The van der Waals surface area contributed by atoms with Gasteiger partial charge in [-0.3, -0.25) is 9.59 Å². The maximum Gasteiger partial charge on any atom is 0.227 e. The minimum absolute atomic E-state index is 0.000696. The molecule has 4 heteroatoms. The van der Waals surface area contributed by atoms with Gasteiger partial charge >= 0.3 is 0 Å². The van der Waals surface area contributed by atoms with Crippen LogP contribution in [0.1, 0.15) is 43.2 Å². The van der Waals surface area contributed by atoms with E-state index < -0.39 is 0 Å². The van der Waals surface area contributed by atoms with Crippen molar-refractivity contribution in [3.63, 3.8) is 0 Å². The minimum Gasteiger partial charge on any atom is -0.326 e. The van der Waals surface area contributed by atoms with E-state index in [1.54, 1.807) is 0 Å². The molecule has 1 aliphatic rings. The van der Waals surface area contributed by atoms with Crippen LogP contribution in [0, 0.1) is 6.92 Å². The maximum atomic E-state index is 12.3. The lowest BCUT2D eigenvalue weighted by Crippen LogP contribution is -2.24. The lowest BCUT2D eigenvalue weighted by atomic mass is 9.97. The molecule has 130 valence electrons. The molecule has 2 aromatic carbocycles. The highest BCUT2D eigenvalue weighted by atomic mass is 16.2. The lowest BCUT2D eigenvalue weighted by molar-refractivity contribution is -0.117. The predicted molar refractivity (Wildman–Crippen MR) is 101 cm³/mol. The van der Waals surface area contributed by atoms with Crippen LogP contribution in [0.4, 0.5) is 11.4 Å². The van der Waals surface area contributed by atoms with Gasteiger partial charge in [-0.05, 0) is 48.6 Å². The Bertz CT molecular complexity index is 771. The van der Waals surface area contributed by atoms with Crippen molar-refractivity contribution in [2.45, 2.75) is 39.0 Å². The summed E-state index contributed by atoms with van der Waals surface area (Å²) in [5.74, 6) is 0.348. The number of nitrogens with one attached hydrogen (secondary N) is 1. The van der Waals surface area contributed by atoms with Gasteiger partial charge in [-0.2, -0.15) is 0 Å². The first-order valence-electron chi connectivity index (χ1n) is 8.80. The number of amides is 2. The number of hydrogen-bond acceptors (Lipinski definition) is 2. The number of carbonyl (C=O) groups is 2. The molecule has 1 atom stereocenters. The van der Waals surface area contributed by atoms with Crippen LogP contribution >= 0.6 is 0 Å². The van der Waals surface area contributed by atoms with Gasteiger partial charge in [0, 0.05) is 30.8 Å². The summed E-state index contributed by atoms with van der Waals surface area (Å²) in [6.07, 6.45) is 1.97. The third-order valence-electron chi connectivity index (χ3n) is 4.70. The number of hydrogen-bond donors (Lipinski definition) is 1. The summed E-state index contributed by atoms with van der Waals surface area (Å²) < 4.78 is 0. The van der Waals surface area contributed by atoms with Gasteiger partial charge in [-0.15, -0.1) is 0 Å². The molecule has 1 heterocycles. The lowest BCUT2D eigenvalue weighted by Gasteiger charge is -2.19. The predicted octanol–water partition coefficient (Wildman–Crippen LogP) is 4.25. The average Bonchev–Trinajstić information content (AvgIpc) is 3.01. The Hall–Kier alpha value is -2.62. The molecule has 0 bridgehead atoms. The average molecular weight is 336 g/mol. The van der Waals surface area contributed by atoms with Crippen LogP contribution in [0.5, 0.6) is 0 Å². The smallest absolute Gasteiger partial charge is 0.227 e. The Labute approximate surface area is 148 Å². The fourth-order valence-electron chi connectivity index (χ4n) is 3.33. The first-order chi connectivity index (χ1) is 12.0. The fourth-order valence-corrected chi connectivity index (χ4v) is 3.33. The van der Waals surface area contributed by atoms with Gasteiger partial charge in [0.25, 0.3) is 0 Å². The Balaban J connectivity index is 1.64. The van der Waals surface area contributed by atoms with Crippen molar-refractivity contribution in [1.29, 1.82) is 0 Å². The summed E-state index contributed by atoms with van der Waals surface area (Å²) in [4.78, 5) is 26.1. The van der Waals surface area contributed by atoms with E-state index in [2.05, 4.69) is 12.2 Å². The number of aryl methyl sites for hydroxylation is 1. The van der Waals surface area contributed by atoms with E-state index in [1.807, 2.05) is 60.4 Å². The van der Waals surface area contributed by atoms with E-state index in [9.17, 15) is 9.59 Å². The van der Waals surface area contributed by atoms with E-state index in [-0.39, 0.29) is 17.7 Å². The van der Waals surface area contributed by atoms with E-state index >= 15 is 0 Å². The minimum atomic E-state index is 0.000696. The van der Waals surface area contributed by atoms with Crippen molar-refractivity contribution in [1.82, 2.24) is 0 Å². The van der Waals surface area contributed by atoms with E-state index in [0.29, 0.717) is 12.8 Å². The Morgan fingerprint density at radius 1 is 1.20 bits per heavy atom. The van der Waals surface area contributed by atoms with Crippen molar-refractivity contribution < 1.29 is 9.59 Å². The van der Waals surface area contributed by atoms with Crippen molar-refractivity contribution >= 4 is 23.2 Å². The summed E-state index contributed by atoms with van der Waals surface area (Å²) in [5.41, 5.74) is 3.89. The maximum absolute atomic E-state index is 12.3. The first-order valence-corrected chi connectivity index (χ1v) is 8.80. The van der Waals surface area contributed by atoms with Gasteiger partial charge in [0.1, 0.15) is 0 Å². The second-order valence-corrected chi connectivity index (χ2v) is 6.71. The molecular formula is C21H24N2O2. The van der Waals surface area contributed by atoms with Gasteiger partial charge in [0.15, 0.2) is 0 Å². The van der Waals surface area contributed by atoms with Gasteiger partial charge in [-0.1, -0.05) is 37.3 Å². The van der Waals surface area contributed by atoms with Crippen LogP contribution in [0.15, 0.2) is 48.5 Å². The van der Waals surface area contributed by atoms with Gasteiger partial charge in [-0.25, -0.2) is 0 Å². The molecule has 1 fully saturated rings. The third-order valence-corrected chi connectivity index (χ3v) is 4.70. The number of anilines is 2. The van der Waals surface area contributed by atoms with E-state index in [4.69, 9.17) is 0 Å². The standard InChI is InChI=1S/C21H24N2O2/c1-15(17-7-4-3-5-8-17)14-20(24)22-18-10-11-19(16(2)13-18)23-12-6-9-21(23)25/h3-5,7-8,10-11,13,15H,6,9,12,14H2,1-2H3,(H,22,24)/t15-/m0/s1. The summed E-state index contributed by atoms with van der Waals surface area (Å²) in [7, 11) is 0. The molecule has 3 rings (SSSR count). The molecule has 2 amide bonds. The quantitative estimate of drug-likeness (QED) is 0.887. The monoisotopic (exact) mass is 336 g/mol. The van der Waals surface area contributed by atoms with Crippen LogP contribution in [0.25, 0.3) is 0 Å². The highest BCUT2D eigenvalue weighted by Crippen LogP contribution is 2.28. The molecule has 0 spiro atoms. The topological polar surface area (TPSA) is 49.4 Å². The molecule has 0 saturated carbocycles. The molecule has 1 saturated heterocycles. The second-order valence-electron chi connectivity index (χ2n) is 6.71. The van der Waals surface area contributed by atoms with Crippen LogP contribution in [-0.2, 0) is 9.59 Å². The molecule has 0 unspecified atom stereocenters. The summed E-state index contributed by atoms with van der Waals surface area (Å²) in [5, 5.41) is 2.97. The molecule has 0 radical (unpaired) electrons. The van der Waals surface area contributed by atoms with Crippen LogP contribution in [0.2, 0.25) is 0 Å². The van der Waals surface area contributed by atoms with Crippen molar-refractivity contribution in [2.24, 2.45) is 0 Å². The number of carbonyl (C=O) groups excluding carboxylic acids is 2. The van der Waals surface area contributed by atoms with Crippen molar-refractivity contribution in [2.75, 3.05) is 16.8 Å². The molecule has 4 nitrogen and oxygen atoms in total. The Kier molecular flexibility index (Phi) is 5.17. The number of benzene rings is 2. The Morgan fingerprint density at radius 3 is 2.60 bits per heavy atom. The van der Waals surface area contributed by atoms with Crippen LogP contribution < -0.4 is 10.2 Å². The third kappa shape index (κ3) is 4.08. The van der Waals surface area contributed by atoms with E-state index in [0.717, 1.165) is 35.5 Å². The fraction of sp³-hybridized carbons (Fsp3) is 0.333. The normalized spacial score (nSPS) is 15.3. The highest BCUT2D eigenvalue weighted by Gasteiger charge is 2.23. The van der Waals surface area contributed by atoms with Crippen molar-refractivity contribution in [3.05, 3.63) is 59.7 Å². The molecule has 1 aliphatic heterocycles. The zero-order valence-electron chi connectivity index (χ0n) is 14.8. The largest absolute Gasteiger partial charge is 0.326 e. The van der Waals surface area contributed by atoms with E-state index in [1.165, 1.54) is 0 Å². The van der Waals surface area contributed by atoms with Crippen LogP contribution in [0.3, 0.4) is 0 Å². The number of rotatable bonds is 5. The molecule has 2 aromatic rings. The van der Waals surface area contributed by atoms with Crippen LogP contribution in [-0.4, -0.2) is 18.4 Å². The zero-order chi connectivity index (χ0) is 17.8. The summed E-state index contributed by atoms with van der Waals surface area (Å²) in [6, 6.07) is 15.8.